The molecule has 0 radical (unpaired) electrons. The Hall–Kier alpha value is -0.470. The topological polar surface area (TPSA) is 75.6 Å². The van der Waals surface area contributed by atoms with E-state index in [2.05, 4.69) is 18.6 Å². The molecule has 0 aliphatic rings. The summed E-state index contributed by atoms with van der Waals surface area (Å²) < 4.78 is 32.1. The Labute approximate surface area is 125 Å². The largest absolute Gasteiger partial charge is 0.391 e. The van der Waals surface area contributed by atoms with E-state index >= 15 is 0 Å². The SMILES string of the molecule is Cc1sc(CO)cc1S(=O)(=O)NCCCOCC(C)C. The number of thiophene rings is 1. The lowest BCUT2D eigenvalue weighted by molar-refractivity contribution is 0.108. The first kappa shape index (κ1) is 17.6. The fraction of sp³-hybridized carbons (Fsp3) is 0.692. The summed E-state index contributed by atoms with van der Waals surface area (Å²) >= 11 is 1.30. The Balaban J connectivity index is 2.43. The van der Waals surface area contributed by atoms with Crippen LogP contribution in [0.15, 0.2) is 11.0 Å². The summed E-state index contributed by atoms with van der Waals surface area (Å²) in [6.45, 7) is 7.33. The van der Waals surface area contributed by atoms with Crippen molar-refractivity contribution in [1.29, 1.82) is 0 Å². The van der Waals surface area contributed by atoms with Gasteiger partial charge in [0.05, 0.1) is 11.5 Å². The average molecular weight is 321 g/mol. The number of sulfonamides is 1. The van der Waals surface area contributed by atoms with Gasteiger partial charge in [-0.05, 0) is 25.3 Å². The Morgan fingerprint density at radius 3 is 2.70 bits per heavy atom. The molecule has 1 aromatic rings. The van der Waals surface area contributed by atoms with Crippen molar-refractivity contribution in [2.45, 2.75) is 38.7 Å². The minimum atomic E-state index is -3.49. The van der Waals surface area contributed by atoms with E-state index in [0.29, 0.717) is 41.9 Å². The first-order chi connectivity index (χ1) is 9.36. The highest BCUT2D eigenvalue weighted by molar-refractivity contribution is 7.89. The summed E-state index contributed by atoms with van der Waals surface area (Å²) in [5, 5.41) is 9.04. The number of hydrogen-bond donors (Lipinski definition) is 2. The third kappa shape index (κ3) is 5.49. The zero-order chi connectivity index (χ0) is 15.2. The molecule has 0 unspecified atom stereocenters. The Morgan fingerprint density at radius 1 is 1.45 bits per heavy atom. The molecule has 0 aliphatic heterocycles. The molecule has 0 amide bonds. The molecule has 1 aromatic heterocycles. The van der Waals surface area contributed by atoms with Gasteiger partial charge < -0.3 is 9.84 Å². The third-order valence-electron chi connectivity index (χ3n) is 2.58. The van der Waals surface area contributed by atoms with Crippen LogP contribution in [0.25, 0.3) is 0 Å². The standard InChI is InChI=1S/C13H23NO4S2/c1-10(2)9-18-6-4-5-14-20(16,17)13-7-12(8-15)19-11(13)3/h7,10,14-15H,4-6,8-9H2,1-3H3. The molecule has 0 fully saturated rings. The predicted molar refractivity (Wildman–Crippen MR) is 80.4 cm³/mol. The van der Waals surface area contributed by atoms with E-state index < -0.39 is 10.0 Å². The second-order valence-corrected chi connectivity index (χ2v) is 8.09. The monoisotopic (exact) mass is 321 g/mol. The molecule has 2 N–H and O–H groups in total. The van der Waals surface area contributed by atoms with Crippen LogP contribution in [-0.4, -0.2) is 33.3 Å². The van der Waals surface area contributed by atoms with E-state index in [1.807, 2.05) is 0 Å². The molecule has 0 saturated heterocycles. The van der Waals surface area contributed by atoms with Crippen LogP contribution in [0.5, 0.6) is 0 Å². The molecule has 1 heterocycles. The van der Waals surface area contributed by atoms with E-state index in [-0.39, 0.29) is 11.5 Å². The van der Waals surface area contributed by atoms with Crippen molar-refractivity contribution in [2.75, 3.05) is 19.8 Å². The number of aliphatic hydroxyl groups excluding tert-OH is 1. The fourth-order valence-electron chi connectivity index (χ4n) is 1.65. The zero-order valence-corrected chi connectivity index (χ0v) is 13.8. The summed E-state index contributed by atoms with van der Waals surface area (Å²) in [6, 6.07) is 1.53. The van der Waals surface area contributed by atoms with Gasteiger partial charge in [0, 0.05) is 29.5 Å². The van der Waals surface area contributed by atoms with Gasteiger partial charge in [0.25, 0.3) is 0 Å². The summed E-state index contributed by atoms with van der Waals surface area (Å²) in [5.74, 6) is 0.483. The van der Waals surface area contributed by atoms with Crippen molar-refractivity contribution >= 4 is 21.4 Å². The van der Waals surface area contributed by atoms with Crippen LogP contribution in [-0.2, 0) is 21.4 Å². The van der Waals surface area contributed by atoms with Crippen molar-refractivity contribution in [2.24, 2.45) is 5.92 Å². The zero-order valence-electron chi connectivity index (χ0n) is 12.2. The normalized spacial score (nSPS) is 12.2. The molecule has 116 valence electrons. The lowest BCUT2D eigenvalue weighted by Gasteiger charge is -2.08. The summed E-state index contributed by atoms with van der Waals surface area (Å²) in [6.07, 6.45) is 0.641. The van der Waals surface area contributed by atoms with Crippen molar-refractivity contribution in [3.05, 3.63) is 15.8 Å². The van der Waals surface area contributed by atoms with Crippen LogP contribution >= 0.6 is 11.3 Å². The highest BCUT2D eigenvalue weighted by atomic mass is 32.2. The van der Waals surface area contributed by atoms with E-state index in [0.717, 1.165) is 0 Å². The van der Waals surface area contributed by atoms with Gasteiger partial charge in [-0.3, -0.25) is 0 Å². The number of nitrogens with one attached hydrogen (secondary N) is 1. The maximum absolute atomic E-state index is 12.1. The molecular formula is C13H23NO4S2. The van der Waals surface area contributed by atoms with Gasteiger partial charge in [0.2, 0.25) is 10.0 Å². The molecule has 20 heavy (non-hydrogen) atoms. The van der Waals surface area contributed by atoms with Crippen LogP contribution < -0.4 is 4.72 Å². The minimum absolute atomic E-state index is 0.135. The van der Waals surface area contributed by atoms with Gasteiger partial charge >= 0.3 is 0 Å². The molecule has 0 saturated carbocycles. The van der Waals surface area contributed by atoms with Gasteiger partial charge in [0.15, 0.2) is 0 Å². The van der Waals surface area contributed by atoms with Crippen LogP contribution in [0.2, 0.25) is 0 Å². The highest BCUT2D eigenvalue weighted by Crippen LogP contribution is 2.25. The molecule has 0 aliphatic carbocycles. The number of hydrogen-bond acceptors (Lipinski definition) is 5. The quantitative estimate of drug-likeness (QED) is 0.681. The Morgan fingerprint density at radius 2 is 2.15 bits per heavy atom. The molecule has 0 spiro atoms. The van der Waals surface area contributed by atoms with E-state index in [4.69, 9.17) is 9.84 Å². The molecule has 0 bridgehead atoms. The third-order valence-corrected chi connectivity index (χ3v) is 5.33. The molecule has 7 heteroatoms. The number of aryl methyl sites for hydroxylation is 1. The van der Waals surface area contributed by atoms with Crippen molar-refractivity contribution in [3.63, 3.8) is 0 Å². The van der Waals surface area contributed by atoms with Gasteiger partial charge in [-0.1, -0.05) is 13.8 Å². The Bertz CT molecular complexity index is 508. The average Bonchev–Trinajstić information content (AvgIpc) is 2.75. The van der Waals surface area contributed by atoms with Gasteiger partial charge in [-0.25, -0.2) is 13.1 Å². The van der Waals surface area contributed by atoms with Gasteiger partial charge in [0.1, 0.15) is 0 Å². The van der Waals surface area contributed by atoms with Crippen LogP contribution in [0.1, 0.15) is 30.0 Å². The van der Waals surface area contributed by atoms with Crippen molar-refractivity contribution in [1.82, 2.24) is 4.72 Å². The minimum Gasteiger partial charge on any atom is -0.391 e. The van der Waals surface area contributed by atoms with Crippen molar-refractivity contribution in [3.8, 4) is 0 Å². The van der Waals surface area contributed by atoms with Crippen LogP contribution in [0, 0.1) is 12.8 Å². The maximum atomic E-state index is 12.1. The van der Waals surface area contributed by atoms with E-state index in [1.54, 1.807) is 6.92 Å². The Kier molecular flexibility index (Phi) is 7.11. The van der Waals surface area contributed by atoms with Crippen LogP contribution in [0.4, 0.5) is 0 Å². The van der Waals surface area contributed by atoms with E-state index in [1.165, 1.54) is 17.4 Å². The maximum Gasteiger partial charge on any atom is 0.241 e. The highest BCUT2D eigenvalue weighted by Gasteiger charge is 2.19. The van der Waals surface area contributed by atoms with Gasteiger partial charge in [-0.15, -0.1) is 11.3 Å². The molecule has 5 nitrogen and oxygen atoms in total. The molecule has 0 atom stereocenters. The molecule has 1 rings (SSSR count). The lowest BCUT2D eigenvalue weighted by Crippen LogP contribution is -2.25. The first-order valence-electron chi connectivity index (χ1n) is 6.64. The number of rotatable bonds is 9. The summed E-state index contributed by atoms with van der Waals surface area (Å²) in [5.41, 5.74) is 0. The second-order valence-electron chi connectivity index (χ2n) is 5.01. The number of aliphatic hydroxyl groups is 1. The first-order valence-corrected chi connectivity index (χ1v) is 8.94. The molecular weight excluding hydrogens is 298 g/mol. The predicted octanol–water partition coefficient (Wildman–Crippen LogP) is 1.89. The number of ether oxygens (including phenoxy) is 1. The van der Waals surface area contributed by atoms with E-state index in [9.17, 15) is 8.42 Å². The smallest absolute Gasteiger partial charge is 0.241 e. The molecule has 0 aromatic carbocycles. The summed E-state index contributed by atoms with van der Waals surface area (Å²) in [4.78, 5) is 1.61. The lowest BCUT2D eigenvalue weighted by atomic mass is 10.2. The fourth-order valence-corrected chi connectivity index (χ4v) is 4.21. The second kappa shape index (κ2) is 8.09. The van der Waals surface area contributed by atoms with Crippen LogP contribution in [0.3, 0.4) is 0 Å². The van der Waals surface area contributed by atoms with Crippen molar-refractivity contribution < 1.29 is 18.3 Å². The summed E-state index contributed by atoms with van der Waals surface area (Å²) in [7, 11) is -3.49. The van der Waals surface area contributed by atoms with Gasteiger partial charge in [-0.2, -0.15) is 0 Å².